The van der Waals surface area contributed by atoms with Crippen molar-refractivity contribution in [1.82, 2.24) is 4.98 Å². The van der Waals surface area contributed by atoms with Gasteiger partial charge in [0, 0.05) is 11.8 Å². The lowest BCUT2D eigenvalue weighted by molar-refractivity contribution is 0.618. The monoisotopic (exact) mass is 195 g/mol. The van der Waals surface area contributed by atoms with Gasteiger partial charge in [-0.05, 0) is 12.5 Å². The van der Waals surface area contributed by atoms with Crippen LogP contribution in [0.2, 0.25) is 0 Å². The number of pyridine rings is 1. The molecular formula is C8H10FN5. The molecule has 5 nitrogen and oxygen atoms in total. The molecule has 4 N–H and O–H groups in total. The summed E-state index contributed by atoms with van der Waals surface area (Å²) in [6, 6.07) is 0. The molecule has 0 bridgehead atoms. The molecule has 0 aliphatic rings. The summed E-state index contributed by atoms with van der Waals surface area (Å²) in [6.07, 6.45) is 3.87. The second-order valence-corrected chi connectivity index (χ2v) is 2.62. The zero-order valence-electron chi connectivity index (χ0n) is 7.61. The van der Waals surface area contributed by atoms with Crippen molar-refractivity contribution < 1.29 is 4.39 Å². The van der Waals surface area contributed by atoms with Crippen LogP contribution < -0.4 is 11.5 Å². The topological polar surface area (TPSA) is 89.6 Å². The third-order valence-electron chi connectivity index (χ3n) is 1.50. The Morgan fingerprint density at radius 1 is 1.50 bits per heavy atom. The van der Waals surface area contributed by atoms with Gasteiger partial charge >= 0.3 is 0 Å². The Morgan fingerprint density at radius 2 is 2.21 bits per heavy atom. The van der Waals surface area contributed by atoms with Crippen molar-refractivity contribution in [1.29, 1.82) is 0 Å². The van der Waals surface area contributed by atoms with E-state index in [1.54, 1.807) is 6.92 Å². The molecule has 0 fully saturated rings. The quantitative estimate of drug-likeness (QED) is 0.399. The minimum atomic E-state index is -0.459. The first kappa shape index (κ1) is 10.1. The molecule has 0 aliphatic carbocycles. The highest BCUT2D eigenvalue weighted by atomic mass is 19.1. The maximum absolute atomic E-state index is 13.1. The number of hydrogen-bond donors (Lipinski definition) is 2. The Hall–Kier alpha value is -1.98. The van der Waals surface area contributed by atoms with E-state index in [1.165, 1.54) is 12.4 Å². The average Bonchev–Trinajstić information content (AvgIpc) is 2.09. The van der Waals surface area contributed by atoms with E-state index in [0.717, 1.165) is 6.20 Å². The lowest BCUT2D eigenvalue weighted by atomic mass is 10.2. The second kappa shape index (κ2) is 4.31. The molecule has 0 saturated heterocycles. The number of guanidine groups is 1. The fourth-order valence-electron chi connectivity index (χ4n) is 0.859. The van der Waals surface area contributed by atoms with Gasteiger partial charge in [0.1, 0.15) is 0 Å². The molecule has 0 aliphatic heterocycles. The molecule has 1 heterocycles. The van der Waals surface area contributed by atoms with E-state index in [1.807, 2.05) is 0 Å². The molecule has 0 aromatic carbocycles. The maximum Gasteiger partial charge on any atom is 0.211 e. The van der Waals surface area contributed by atoms with Gasteiger partial charge < -0.3 is 11.5 Å². The van der Waals surface area contributed by atoms with Gasteiger partial charge in [-0.15, -0.1) is 5.10 Å². The molecule has 1 rings (SSSR count). The molecule has 0 spiro atoms. The molecule has 0 radical (unpaired) electrons. The van der Waals surface area contributed by atoms with E-state index in [-0.39, 0.29) is 5.96 Å². The van der Waals surface area contributed by atoms with Gasteiger partial charge in [-0.3, -0.25) is 4.98 Å². The van der Waals surface area contributed by atoms with Gasteiger partial charge in [-0.25, -0.2) is 4.39 Å². The summed E-state index contributed by atoms with van der Waals surface area (Å²) >= 11 is 0. The summed E-state index contributed by atoms with van der Waals surface area (Å²) in [5.41, 5.74) is 11.1. The van der Waals surface area contributed by atoms with Gasteiger partial charge in [-0.1, -0.05) is 0 Å². The highest BCUT2D eigenvalue weighted by molar-refractivity contribution is 5.83. The Bertz CT molecular complexity index is 361. The van der Waals surface area contributed by atoms with Gasteiger partial charge in [0.2, 0.25) is 5.96 Å². The summed E-state index contributed by atoms with van der Waals surface area (Å²) < 4.78 is 13.1. The van der Waals surface area contributed by atoms with Crippen molar-refractivity contribution in [3.8, 4) is 0 Å². The minimum absolute atomic E-state index is 0.173. The first-order valence-electron chi connectivity index (χ1n) is 3.83. The third kappa shape index (κ3) is 2.51. The SMILES string of the molecule is Cc1cncc(F)c1/C=N/N=C(N)N. The van der Waals surface area contributed by atoms with Crippen LogP contribution in [0, 0.1) is 12.7 Å². The standard InChI is InChI=1S/C8H10FN5/c1-5-2-12-4-7(9)6(5)3-13-14-8(10)11/h2-4H,1H3,(H4,10,11,14)/b13-3+. The second-order valence-electron chi connectivity index (χ2n) is 2.62. The fourth-order valence-corrected chi connectivity index (χ4v) is 0.859. The van der Waals surface area contributed by atoms with E-state index < -0.39 is 5.82 Å². The number of nitrogens with two attached hydrogens (primary N) is 2. The summed E-state index contributed by atoms with van der Waals surface area (Å²) in [7, 11) is 0. The van der Waals surface area contributed by atoms with Crippen LogP contribution in [0.4, 0.5) is 4.39 Å². The first-order valence-corrected chi connectivity index (χ1v) is 3.83. The summed E-state index contributed by atoms with van der Waals surface area (Å²) in [6.45, 7) is 1.72. The lowest BCUT2D eigenvalue weighted by Crippen LogP contribution is -2.21. The van der Waals surface area contributed by atoms with Crippen LogP contribution in [0.25, 0.3) is 0 Å². The van der Waals surface area contributed by atoms with Crippen LogP contribution in [-0.4, -0.2) is 17.2 Å². The van der Waals surface area contributed by atoms with E-state index in [9.17, 15) is 4.39 Å². The van der Waals surface area contributed by atoms with Gasteiger partial charge in [0.15, 0.2) is 5.82 Å². The predicted molar refractivity (Wildman–Crippen MR) is 52.3 cm³/mol. The molecular weight excluding hydrogens is 185 g/mol. The summed E-state index contributed by atoms with van der Waals surface area (Å²) in [4.78, 5) is 3.67. The first-order chi connectivity index (χ1) is 6.61. The number of nitrogens with zero attached hydrogens (tertiary/aromatic N) is 3. The minimum Gasteiger partial charge on any atom is -0.369 e. The number of halogens is 1. The predicted octanol–water partition coefficient (Wildman–Crippen LogP) is 0.136. The maximum atomic E-state index is 13.1. The van der Waals surface area contributed by atoms with Crippen LogP contribution in [0.5, 0.6) is 0 Å². The van der Waals surface area contributed by atoms with Crippen molar-refractivity contribution in [3.05, 3.63) is 29.3 Å². The molecule has 14 heavy (non-hydrogen) atoms. The molecule has 0 saturated carbocycles. The van der Waals surface area contributed by atoms with Crippen LogP contribution >= 0.6 is 0 Å². The van der Waals surface area contributed by atoms with E-state index in [0.29, 0.717) is 11.1 Å². The fraction of sp³-hybridized carbons (Fsp3) is 0.125. The van der Waals surface area contributed by atoms with Crippen molar-refractivity contribution >= 4 is 12.2 Å². The molecule has 0 unspecified atom stereocenters. The Balaban J connectivity index is 2.97. The zero-order chi connectivity index (χ0) is 10.6. The number of aromatic nitrogens is 1. The molecule has 6 heteroatoms. The van der Waals surface area contributed by atoms with Crippen LogP contribution in [0.15, 0.2) is 22.6 Å². The van der Waals surface area contributed by atoms with Crippen LogP contribution in [0.1, 0.15) is 11.1 Å². The van der Waals surface area contributed by atoms with E-state index >= 15 is 0 Å². The number of aryl methyl sites for hydroxylation is 1. The normalized spacial score (nSPS) is 10.4. The number of rotatable bonds is 2. The molecule has 74 valence electrons. The molecule has 0 amide bonds. The van der Waals surface area contributed by atoms with Gasteiger partial charge in [0.25, 0.3) is 0 Å². The van der Waals surface area contributed by atoms with Crippen molar-refractivity contribution in [3.63, 3.8) is 0 Å². The average molecular weight is 195 g/mol. The van der Waals surface area contributed by atoms with Gasteiger partial charge in [0.05, 0.1) is 12.4 Å². The largest absolute Gasteiger partial charge is 0.369 e. The van der Waals surface area contributed by atoms with Crippen LogP contribution in [0.3, 0.4) is 0 Å². The van der Waals surface area contributed by atoms with Crippen molar-refractivity contribution in [2.24, 2.45) is 21.7 Å². The number of hydrogen-bond acceptors (Lipinski definition) is 3. The highest BCUT2D eigenvalue weighted by Gasteiger charge is 2.01. The zero-order valence-corrected chi connectivity index (χ0v) is 7.61. The van der Waals surface area contributed by atoms with E-state index in [4.69, 9.17) is 11.5 Å². The van der Waals surface area contributed by atoms with E-state index in [2.05, 4.69) is 15.2 Å². The smallest absolute Gasteiger partial charge is 0.211 e. The molecule has 0 atom stereocenters. The Morgan fingerprint density at radius 3 is 2.79 bits per heavy atom. The molecule has 1 aromatic rings. The summed E-state index contributed by atoms with van der Waals surface area (Å²) in [5.74, 6) is -0.632. The van der Waals surface area contributed by atoms with Crippen molar-refractivity contribution in [2.75, 3.05) is 0 Å². The Labute approximate surface area is 80.4 Å². The summed E-state index contributed by atoms with van der Waals surface area (Å²) in [5, 5.41) is 6.86. The third-order valence-corrected chi connectivity index (χ3v) is 1.50. The van der Waals surface area contributed by atoms with Crippen LogP contribution in [-0.2, 0) is 0 Å². The lowest BCUT2D eigenvalue weighted by Gasteiger charge is -1.98. The van der Waals surface area contributed by atoms with Crippen molar-refractivity contribution in [2.45, 2.75) is 6.92 Å². The highest BCUT2D eigenvalue weighted by Crippen LogP contribution is 2.07. The van der Waals surface area contributed by atoms with Gasteiger partial charge in [-0.2, -0.15) is 5.10 Å². The molecule has 1 aromatic heterocycles. The Kier molecular flexibility index (Phi) is 3.11.